The molecule has 2 aromatic heterocycles. The van der Waals surface area contributed by atoms with Gasteiger partial charge in [-0.3, -0.25) is 9.89 Å². The van der Waals surface area contributed by atoms with Crippen LogP contribution in [0.4, 0.5) is 0 Å². The molecule has 2 heterocycles. The number of amides is 1. The largest absolute Gasteiger partial charge is 0.493 e. The van der Waals surface area contributed by atoms with Gasteiger partial charge < -0.3 is 14.8 Å². The smallest absolute Gasteiger partial charge is 0.272 e. The summed E-state index contributed by atoms with van der Waals surface area (Å²) in [4.78, 5) is 13.7. The van der Waals surface area contributed by atoms with Gasteiger partial charge in [-0.2, -0.15) is 5.10 Å². The number of carbonyl (C=O) groups is 1. The minimum Gasteiger partial charge on any atom is -0.493 e. The predicted octanol–water partition coefficient (Wildman–Crippen LogP) is 3.57. The normalized spacial score (nSPS) is 15.5. The van der Waals surface area contributed by atoms with Gasteiger partial charge in [0.15, 0.2) is 17.2 Å². The van der Waals surface area contributed by atoms with Crippen LogP contribution in [0.25, 0.3) is 10.6 Å². The summed E-state index contributed by atoms with van der Waals surface area (Å²) in [7, 11) is 3.24. The molecule has 0 saturated heterocycles. The number of hydrogen-bond donors (Lipinski definition) is 2. The molecule has 1 amide bonds. The lowest BCUT2D eigenvalue weighted by Crippen LogP contribution is -2.27. The maximum atomic E-state index is 12.6. The SMILES string of the molecule is COc1cc2c(cc1OC)C(NC(=O)c1cc(-c3cccs3)[nH]n1)CC2. The summed E-state index contributed by atoms with van der Waals surface area (Å²) in [5.74, 6) is 1.20. The number of aromatic amines is 1. The zero-order valence-electron chi connectivity index (χ0n) is 14.5. The maximum Gasteiger partial charge on any atom is 0.272 e. The van der Waals surface area contributed by atoms with Crippen molar-refractivity contribution in [2.24, 2.45) is 0 Å². The Balaban J connectivity index is 1.53. The first-order valence-corrected chi connectivity index (χ1v) is 9.22. The number of rotatable bonds is 5. The first kappa shape index (κ1) is 16.7. The van der Waals surface area contributed by atoms with Crippen molar-refractivity contribution in [1.82, 2.24) is 15.5 Å². The fourth-order valence-corrected chi connectivity index (χ4v) is 4.00. The zero-order chi connectivity index (χ0) is 18.1. The number of thiophene rings is 1. The van der Waals surface area contributed by atoms with Crippen molar-refractivity contribution >= 4 is 17.2 Å². The Hall–Kier alpha value is -2.80. The highest BCUT2D eigenvalue weighted by molar-refractivity contribution is 7.13. The number of fused-ring (bicyclic) bond motifs is 1. The number of methoxy groups -OCH3 is 2. The second kappa shape index (κ2) is 6.84. The second-order valence-corrected chi connectivity index (χ2v) is 7.06. The lowest BCUT2D eigenvalue weighted by Gasteiger charge is -2.15. The van der Waals surface area contributed by atoms with E-state index in [-0.39, 0.29) is 11.9 Å². The number of carbonyl (C=O) groups excluding carboxylic acids is 1. The van der Waals surface area contributed by atoms with Crippen LogP contribution >= 0.6 is 11.3 Å². The van der Waals surface area contributed by atoms with Gasteiger partial charge in [-0.25, -0.2) is 0 Å². The molecular weight excluding hydrogens is 350 g/mol. The highest BCUT2D eigenvalue weighted by Gasteiger charge is 2.27. The minimum absolute atomic E-state index is 0.0563. The number of H-pyrrole nitrogens is 1. The van der Waals surface area contributed by atoms with Crippen molar-refractivity contribution < 1.29 is 14.3 Å². The summed E-state index contributed by atoms with van der Waals surface area (Å²) in [6, 6.07) is 9.63. The molecule has 0 fully saturated rings. The number of hydrogen-bond acceptors (Lipinski definition) is 5. The summed E-state index contributed by atoms with van der Waals surface area (Å²) >= 11 is 1.60. The molecule has 0 saturated carbocycles. The zero-order valence-corrected chi connectivity index (χ0v) is 15.4. The highest BCUT2D eigenvalue weighted by Crippen LogP contribution is 2.39. The van der Waals surface area contributed by atoms with Crippen LogP contribution in [0.2, 0.25) is 0 Å². The molecule has 4 rings (SSSR count). The number of nitrogens with zero attached hydrogens (tertiary/aromatic N) is 1. The van der Waals surface area contributed by atoms with Crippen LogP contribution in [-0.4, -0.2) is 30.3 Å². The van der Waals surface area contributed by atoms with Gasteiger partial charge in [0.1, 0.15) is 0 Å². The van der Waals surface area contributed by atoms with Crippen molar-refractivity contribution in [3.63, 3.8) is 0 Å². The number of benzene rings is 1. The van der Waals surface area contributed by atoms with Gasteiger partial charge in [0.25, 0.3) is 5.91 Å². The average molecular weight is 369 g/mol. The molecule has 26 heavy (non-hydrogen) atoms. The number of ether oxygens (including phenoxy) is 2. The van der Waals surface area contributed by atoms with Gasteiger partial charge in [0.2, 0.25) is 0 Å². The molecule has 7 heteroatoms. The van der Waals surface area contributed by atoms with E-state index in [1.54, 1.807) is 31.6 Å². The van der Waals surface area contributed by atoms with Gasteiger partial charge >= 0.3 is 0 Å². The third-order valence-electron chi connectivity index (χ3n) is 4.63. The molecule has 6 nitrogen and oxygen atoms in total. The molecule has 134 valence electrons. The monoisotopic (exact) mass is 369 g/mol. The van der Waals surface area contributed by atoms with Crippen LogP contribution in [0.15, 0.2) is 35.7 Å². The fraction of sp³-hybridized carbons (Fsp3) is 0.263. The van der Waals surface area contributed by atoms with E-state index in [1.165, 1.54) is 5.56 Å². The van der Waals surface area contributed by atoms with Gasteiger partial charge in [0, 0.05) is 0 Å². The molecule has 1 aliphatic carbocycles. The Bertz CT molecular complexity index is 934. The highest BCUT2D eigenvalue weighted by atomic mass is 32.1. The van der Waals surface area contributed by atoms with Gasteiger partial charge in [-0.15, -0.1) is 11.3 Å². The van der Waals surface area contributed by atoms with E-state index < -0.39 is 0 Å². The van der Waals surface area contributed by atoms with Crippen molar-refractivity contribution in [2.45, 2.75) is 18.9 Å². The fourth-order valence-electron chi connectivity index (χ4n) is 3.31. The van der Waals surface area contributed by atoms with Crippen LogP contribution in [0.1, 0.15) is 34.1 Å². The Morgan fingerprint density at radius 3 is 2.81 bits per heavy atom. The van der Waals surface area contributed by atoms with Crippen LogP contribution in [0.3, 0.4) is 0 Å². The van der Waals surface area contributed by atoms with Crippen molar-refractivity contribution in [1.29, 1.82) is 0 Å². The molecule has 1 aromatic carbocycles. The first-order chi connectivity index (χ1) is 12.7. The Morgan fingerprint density at radius 1 is 1.27 bits per heavy atom. The molecule has 0 spiro atoms. The molecule has 0 bridgehead atoms. The van der Waals surface area contributed by atoms with E-state index in [1.807, 2.05) is 29.6 Å². The first-order valence-electron chi connectivity index (χ1n) is 8.34. The van der Waals surface area contributed by atoms with Crippen molar-refractivity contribution in [3.05, 3.63) is 52.5 Å². The molecule has 1 atom stereocenters. The Morgan fingerprint density at radius 2 is 2.08 bits per heavy atom. The standard InChI is InChI=1S/C19H19N3O3S/c1-24-16-8-11-5-6-13(12(11)9-17(16)25-2)20-19(23)15-10-14(21-22-15)18-4-3-7-26-18/h3-4,7-10,13H,5-6H2,1-2H3,(H,20,23)(H,21,22). The minimum atomic E-state index is -0.184. The van der Waals surface area contributed by atoms with E-state index >= 15 is 0 Å². The molecule has 1 unspecified atom stereocenters. The summed E-state index contributed by atoms with van der Waals surface area (Å²) < 4.78 is 10.7. The molecule has 0 radical (unpaired) electrons. The Kier molecular flexibility index (Phi) is 4.38. The Labute approximate surface area is 155 Å². The van der Waals surface area contributed by atoms with Crippen molar-refractivity contribution in [3.8, 4) is 22.1 Å². The van der Waals surface area contributed by atoms with E-state index in [0.717, 1.165) is 29.0 Å². The van der Waals surface area contributed by atoms with Crippen LogP contribution in [0, 0.1) is 0 Å². The quantitative estimate of drug-likeness (QED) is 0.721. The van der Waals surface area contributed by atoms with Gasteiger partial charge in [-0.05, 0) is 53.6 Å². The summed E-state index contributed by atoms with van der Waals surface area (Å²) in [5, 5.41) is 12.2. The maximum absolute atomic E-state index is 12.6. The summed E-state index contributed by atoms with van der Waals surface area (Å²) in [6.07, 6.45) is 1.74. The van der Waals surface area contributed by atoms with Crippen LogP contribution in [-0.2, 0) is 6.42 Å². The summed E-state index contributed by atoms with van der Waals surface area (Å²) in [6.45, 7) is 0. The van der Waals surface area contributed by atoms with Crippen LogP contribution < -0.4 is 14.8 Å². The van der Waals surface area contributed by atoms with Gasteiger partial charge in [0.05, 0.1) is 30.8 Å². The number of aryl methyl sites for hydroxylation is 1. The van der Waals surface area contributed by atoms with E-state index in [4.69, 9.17) is 9.47 Å². The van der Waals surface area contributed by atoms with Gasteiger partial charge in [-0.1, -0.05) is 6.07 Å². The number of nitrogens with one attached hydrogen (secondary N) is 2. The second-order valence-electron chi connectivity index (χ2n) is 6.11. The lowest BCUT2D eigenvalue weighted by atomic mass is 10.1. The van der Waals surface area contributed by atoms with Crippen LogP contribution in [0.5, 0.6) is 11.5 Å². The topological polar surface area (TPSA) is 76.2 Å². The van der Waals surface area contributed by atoms with Crippen molar-refractivity contribution in [2.75, 3.05) is 14.2 Å². The summed E-state index contributed by atoms with van der Waals surface area (Å²) in [5.41, 5.74) is 3.49. The lowest BCUT2D eigenvalue weighted by molar-refractivity contribution is 0.0931. The molecule has 3 aromatic rings. The molecule has 0 aliphatic heterocycles. The third kappa shape index (κ3) is 2.94. The number of aromatic nitrogens is 2. The van der Waals surface area contributed by atoms with E-state index in [2.05, 4.69) is 15.5 Å². The molecular formula is C19H19N3O3S. The van der Waals surface area contributed by atoms with E-state index in [9.17, 15) is 4.79 Å². The molecule has 1 aliphatic rings. The molecule has 2 N–H and O–H groups in total. The average Bonchev–Trinajstić information content (AvgIpc) is 3.40. The predicted molar refractivity (Wildman–Crippen MR) is 100.0 cm³/mol. The third-order valence-corrected chi connectivity index (χ3v) is 5.53. The van der Waals surface area contributed by atoms with E-state index in [0.29, 0.717) is 17.2 Å².